The number of aliphatic hydroxyl groups is 2. The molecular formula is C98H149I6N3O37V-. The van der Waals surface area contributed by atoms with Gasteiger partial charge in [-0.15, -0.1) is 0 Å². The molecule has 5 N–H and O–H groups in total. The summed E-state index contributed by atoms with van der Waals surface area (Å²) in [5, 5.41) is 30.6. The predicted molar refractivity (Wildman–Crippen MR) is 577 cm³/mol. The second-order valence-electron chi connectivity index (χ2n) is 35.1. The Morgan fingerprint density at radius 2 is 0.745 bits per heavy atom. The summed E-state index contributed by atoms with van der Waals surface area (Å²) in [7, 11) is 4.49. The summed E-state index contributed by atoms with van der Waals surface area (Å²) in [5.41, 5.74) is 1.26. The van der Waals surface area contributed by atoms with Crippen molar-refractivity contribution in [3.05, 3.63) is 115 Å². The van der Waals surface area contributed by atoms with Crippen molar-refractivity contribution in [2.45, 2.75) is 297 Å². The first-order valence-corrected chi connectivity index (χ1v) is 64.4. The van der Waals surface area contributed by atoms with E-state index in [9.17, 15) is 67.7 Å². The molecule has 10 rings (SSSR count). The molecule has 0 saturated carbocycles. The number of ketones is 5. The average Bonchev–Trinajstić information content (AvgIpc) is 1.69. The average molecular weight is 2770 g/mol. The van der Waals surface area contributed by atoms with Crippen molar-refractivity contribution >= 4 is 200 Å². The van der Waals surface area contributed by atoms with Crippen LogP contribution in [0.15, 0.2) is 91.0 Å². The number of carbonyl (C=O) groups excluding carboxylic acids is 12. The Bertz CT molecular complexity index is 4270. The molecule has 0 bridgehead atoms. The van der Waals surface area contributed by atoms with E-state index in [4.69, 9.17) is 109 Å². The van der Waals surface area contributed by atoms with E-state index in [-0.39, 0.29) is 151 Å². The summed E-state index contributed by atoms with van der Waals surface area (Å²) in [4.78, 5) is 140. The molecule has 31 atom stereocenters. The van der Waals surface area contributed by atoms with Crippen LogP contribution in [-0.4, -0.2) is 335 Å². The quantitative estimate of drug-likeness (QED) is 0.00669. The number of benzene rings is 3. The van der Waals surface area contributed by atoms with Gasteiger partial charge in [-0.05, 0) is 45.5 Å². The number of alkyl halides is 3. The number of fused-ring (bicyclic) bond motifs is 1. The molecular weight excluding hydrogens is 2620 g/mol. The molecule has 3 aromatic rings. The third-order valence-electron chi connectivity index (χ3n) is 23.3. The van der Waals surface area contributed by atoms with Crippen molar-refractivity contribution < 1.29 is 182 Å². The molecule has 0 aromatic heterocycles. The van der Waals surface area contributed by atoms with Crippen molar-refractivity contribution in [1.29, 1.82) is 0 Å². The van der Waals surface area contributed by atoms with Crippen LogP contribution >= 0.6 is 128 Å². The van der Waals surface area contributed by atoms with Gasteiger partial charge in [-0.1, -0.05) is 222 Å². The third kappa shape index (κ3) is 46.9. The van der Waals surface area contributed by atoms with E-state index in [1.807, 2.05) is 85.7 Å². The van der Waals surface area contributed by atoms with Gasteiger partial charge < -0.3 is 138 Å². The molecule has 145 heavy (non-hydrogen) atoms. The van der Waals surface area contributed by atoms with Crippen LogP contribution in [0, 0.1) is 42.9 Å². The van der Waals surface area contributed by atoms with Gasteiger partial charge in [0.1, 0.15) is 82.9 Å². The molecule has 47 heteroatoms. The fraction of sp³-hybridized carbons (Fsp3) is 0.684. The summed E-state index contributed by atoms with van der Waals surface area (Å²) in [6.45, 7) is 30.1. The number of ether oxygens (including phenoxy) is 23. The van der Waals surface area contributed by atoms with E-state index in [0.717, 1.165) is 6.42 Å². The summed E-state index contributed by atoms with van der Waals surface area (Å²) in [5.74, 6) is -6.50. The van der Waals surface area contributed by atoms with Crippen molar-refractivity contribution in [2.24, 2.45) is 35.5 Å². The zero-order chi connectivity index (χ0) is 107. The number of aliphatic hydroxyl groups excluding tert-OH is 2. The van der Waals surface area contributed by atoms with Gasteiger partial charge >= 0.3 is 88.7 Å². The van der Waals surface area contributed by atoms with Gasteiger partial charge in [0.25, 0.3) is 25.4 Å². The maximum atomic E-state index is 12.9. The maximum absolute atomic E-state index is 12.9. The van der Waals surface area contributed by atoms with Gasteiger partial charge in [-0.25, -0.2) is 0 Å². The second kappa shape index (κ2) is 72.2. The van der Waals surface area contributed by atoms with E-state index in [2.05, 4.69) is 151 Å². The SMILES string of the molecule is C.CC(=O)CO[C@H]1C(C)[C@@H]2OC(C)(OC(C)(C)C)OC2O[C@H]1COC=O.CCC1O[C@H](OC)C(NCC(=O)c2ccccc2)[C@@H](C)[C@@H]1O.CCI.COC1OC(COC(C)=O)[C@@H](OC2O[C@@H](COC=O)[C@@H](O)C(C)[C@@H]2OC(C)=O)[C@H](C)[C@@H]1NCC(=O)c1ccccc1.CO[C@@H]1OC(COC(C)=O)[C@@H](OC2O[C@@H](COC=O)[C@@H](OCC(C)=O)C(C)[C@@H]2OC(C)=O)[C@H](C)C1NCC(=O)c1ccccc1.ICI.[CH3-].[I][V]([I])[I]. The molecule has 0 spiro atoms. The Hall–Kier alpha value is -3.58. The zero-order valence-electron chi connectivity index (χ0n) is 85.3. The Morgan fingerprint density at radius 3 is 1.08 bits per heavy atom. The molecule has 3 aromatic carbocycles. The van der Waals surface area contributed by atoms with Crippen LogP contribution in [0.3, 0.4) is 0 Å². The van der Waals surface area contributed by atoms with Gasteiger partial charge in [0.05, 0.1) is 88.5 Å². The molecule has 7 fully saturated rings. The van der Waals surface area contributed by atoms with Gasteiger partial charge in [-0.3, -0.25) is 62.3 Å². The van der Waals surface area contributed by atoms with Crippen molar-refractivity contribution in [3.63, 3.8) is 0 Å². The Kier molecular flexibility index (Phi) is 68.5. The fourth-order valence-electron chi connectivity index (χ4n) is 16.7. The van der Waals surface area contributed by atoms with Gasteiger partial charge in [0.2, 0.25) is 0 Å². The minimum atomic E-state index is -1.26. The molecule has 0 amide bonds. The number of hydrogen-bond donors (Lipinski definition) is 5. The van der Waals surface area contributed by atoms with Crippen molar-refractivity contribution in [1.82, 2.24) is 16.0 Å². The first-order chi connectivity index (χ1) is 67.7. The number of methoxy groups -OCH3 is 3. The number of Topliss-reactive ketones (excluding diaryl/α,β-unsaturated/α-hetero) is 5. The first-order valence-electron chi connectivity index (χ1n) is 46.4. The van der Waals surface area contributed by atoms with E-state index in [1.54, 1.807) is 88.5 Å². The van der Waals surface area contributed by atoms with E-state index < -0.39 is 194 Å². The molecule has 40 nitrogen and oxygen atoms in total. The summed E-state index contributed by atoms with van der Waals surface area (Å²) < 4.78 is 134. The van der Waals surface area contributed by atoms with Crippen LogP contribution in [0.25, 0.3) is 0 Å². The molecule has 7 saturated heterocycles. The molecule has 7 heterocycles. The number of esters is 4. The predicted octanol–water partition coefficient (Wildman–Crippen LogP) is 11.8. The Labute approximate surface area is 930 Å². The van der Waals surface area contributed by atoms with E-state index >= 15 is 0 Å². The summed E-state index contributed by atoms with van der Waals surface area (Å²) in [6, 6.07) is 25.4. The molecule has 0 radical (unpaired) electrons. The Morgan fingerprint density at radius 1 is 0.434 bits per heavy atom. The molecule has 13 unspecified atom stereocenters. The van der Waals surface area contributed by atoms with Crippen LogP contribution in [0.2, 0.25) is 0 Å². The van der Waals surface area contributed by atoms with Crippen LogP contribution in [0.5, 0.6) is 0 Å². The first kappa shape index (κ1) is 137. The summed E-state index contributed by atoms with van der Waals surface area (Å²) >= 11 is 14.2. The molecule has 7 aliphatic heterocycles. The third-order valence-corrected chi connectivity index (χ3v) is 23.3. The number of halogens is 6. The van der Waals surface area contributed by atoms with E-state index in [0.29, 0.717) is 23.2 Å². The summed E-state index contributed by atoms with van der Waals surface area (Å²) in [6.07, 6.45) is -16.0. The van der Waals surface area contributed by atoms with Crippen molar-refractivity contribution in [3.8, 4) is 0 Å². The number of nitrogens with one attached hydrogen (secondary N) is 3. The monoisotopic (exact) mass is 2770 g/mol. The number of hydrogen-bond acceptors (Lipinski definition) is 40. The zero-order valence-corrected chi connectivity index (χ0v) is 99.6. The normalized spacial score (nSPS) is 31.1. The van der Waals surface area contributed by atoms with Crippen LogP contribution in [0.4, 0.5) is 0 Å². The molecule has 0 aliphatic carbocycles. The Balaban J connectivity index is 0.000000650. The molecule has 826 valence electrons. The standard InChI is InChI=1S/C31H43NO13.C28H39NO12.C17H25NO4.C17H28O8.C2H5I.CH2I2.CH4.CH3.3HI.V/c1-17(34)13-41-27-19(3)29(42-21(5)36)31(44-24(27)14-39-16-33)45-28-18(2)26(30(38-6)43-25(28)15-40-20(4)35)32-12-23(37)22-10-8-7-9-11-22;1-15-23(29-11-20(33)19-9-7-6-8-10-19)27(35-5)40-22(13-37-17(3)31)25(15)41-28-26(38-18(4)32)16(2)24(34)21(39-28)12-36-14-30;1-4-14-16(20)11(2)15(17(21-3)22-14)18-10-13(19)12-8-6-5-7-9-12;1-10(19)7-21-13-11(2)14-15(22-12(13)8-20-9-18)24-17(6,23-14)25-16(3,4)5;1-2-3;2-1-3;;;;;;/h7-11,16,18-19,24-32H,12-15H2,1-6H3;6-10,14-16,21-29,34H,11-13H2,1-5H3;5-9,11,14-18,20H,4,10H2,1-3H3;9,11-15H,7-8H2,1-6H3;2H2,1H3;1H2;1H4;1H3;3*1H;/q;;;;;;;-1;;;;+3/p-3/t18-,19?,24+,25?,26?,27+,28+,29+,30-,31?;15-,16?,21+,22?,23+,24+,25+,26+,27?,28?;11-,14?,15?,16+,17+;11?,12-,13-,14-,15?,17?;;;;;;;;/m1110......../s1. The van der Waals surface area contributed by atoms with Gasteiger partial charge in [-0.2, -0.15) is 0 Å². The fourth-order valence-corrected chi connectivity index (χ4v) is 16.7. The van der Waals surface area contributed by atoms with Crippen molar-refractivity contribution in [2.75, 3.05) is 94.1 Å². The van der Waals surface area contributed by atoms with Crippen LogP contribution < -0.4 is 16.0 Å². The van der Waals surface area contributed by atoms with Crippen LogP contribution in [0.1, 0.15) is 170 Å². The number of rotatable bonds is 42. The van der Waals surface area contributed by atoms with Gasteiger partial charge in [0, 0.05) is 108 Å². The minimum absolute atomic E-state index is 0. The van der Waals surface area contributed by atoms with Crippen LogP contribution in [-0.2, 0) is 157 Å². The number of carbonyl (C=O) groups is 12. The topological polar surface area (TPSA) is 494 Å². The van der Waals surface area contributed by atoms with E-state index in [1.165, 1.54) is 62.6 Å². The molecule has 7 aliphatic rings. The van der Waals surface area contributed by atoms with Gasteiger partial charge in [0.15, 0.2) is 78.9 Å². The second-order valence-corrected chi connectivity index (χ2v) is 76.5.